The van der Waals surface area contributed by atoms with Crippen LogP contribution in [-0.2, 0) is 4.79 Å². The summed E-state index contributed by atoms with van der Waals surface area (Å²) in [6, 6.07) is 0. The molecule has 0 saturated heterocycles. The van der Waals surface area contributed by atoms with Crippen LogP contribution < -0.4 is 5.32 Å². The summed E-state index contributed by atoms with van der Waals surface area (Å²) in [5.41, 5.74) is 1.22. The lowest BCUT2D eigenvalue weighted by molar-refractivity contribution is -0.115. The van der Waals surface area contributed by atoms with Crippen molar-refractivity contribution >= 4 is 17.7 Å². The Morgan fingerprint density at radius 2 is 2.45 bits per heavy atom. The van der Waals surface area contributed by atoms with Crippen LogP contribution >= 0.6 is 11.8 Å². The summed E-state index contributed by atoms with van der Waals surface area (Å²) in [6.07, 6.45) is 1.70. The van der Waals surface area contributed by atoms with Gasteiger partial charge >= 0.3 is 0 Å². The third-order valence-electron chi connectivity index (χ3n) is 1.43. The zero-order chi connectivity index (χ0) is 8.27. The summed E-state index contributed by atoms with van der Waals surface area (Å²) >= 11 is 1.87. The van der Waals surface area contributed by atoms with Crippen molar-refractivity contribution in [1.29, 1.82) is 0 Å². The van der Waals surface area contributed by atoms with E-state index in [-0.39, 0.29) is 5.91 Å². The first-order valence-electron chi connectivity index (χ1n) is 3.77. The first-order chi connectivity index (χ1) is 5.18. The summed E-state index contributed by atoms with van der Waals surface area (Å²) in [5, 5.41) is 3.39. The molecule has 3 heteroatoms. The van der Waals surface area contributed by atoms with Crippen molar-refractivity contribution in [2.75, 3.05) is 12.3 Å². The molecule has 0 saturated carbocycles. The fraction of sp³-hybridized carbons (Fsp3) is 0.625. The Morgan fingerprint density at radius 1 is 1.73 bits per heavy atom. The maximum absolute atomic E-state index is 10.7. The van der Waals surface area contributed by atoms with E-state index in [1.165, 1.54) is 5.57 Å². The lowest BCUT2D eigenvalue weighted by Gasteiger charge is -2.03. The van der Waals surface area contributed by atoms with E-state index in [1.807, 2.05) is 11.8 Å². The van der Waals surface area contributed by atoms with E-state index in [4.69, 9.17) is 0 Å². The third kappa shape index (κ3) is 2.97. The lowest BCUT2D eigenvalue weighted by atomic mass is 10.3. The SMILES string of the molecule is CC(C)SCC1=CC(=O)NC1. The number of carbonyl (C=O) groups excluding carboxylic acids is 1. The van der Waals surface area contributed by atoms with Gasteiger partial charge in [0.2, 0.25) is 5.91 Å². The predicted octanol–water partition coefficient (Wildman–Crippen LogP) is 1.18. The van der Waals surface area contributed by atoms with Crippen molar-refractivity contribution in [3.8, 4) is 0 Å². The molecule has 0 radical (unpaired) electrons. The number of nitrogens with one attached hydrogen (secondary N) is 1. The second-order valence-electron chi connectivity index (χ2n) is 2.88. The quantitative estimate of drug-likeness (QED) is 0.691. The molecule has 11 heavy (non-hydrogen) atoms. The number of thioether (sulfide) groups is 1. The molecule has 2 nitrogen and oxygen atoms in total. The molecule has 0 aromatic carbocycles. The van der Waals surface area contributed by atoms with Gasteiger partial charge in [-0.05, 0) is 10.8 Å². The van der Waals surface area contributed by atoms with Crippen molar-refractivity contribution in [2.24, 2.45) is 0 Å². The van der Waals surface area contributed by atoms with E-state index in [9.17, 15) is 4.79 Å². The topological polar surface area (TPSA) is 29.1 Å². The lowest BCUT2D eigenvalue weighted by Crippen LogP contribution is -2.15. The Hall–Kier alpha value is -0.440. The second kappa shape index (κ2) is 3.81. The van der Waals surface area contributed by atoms with Crippen molar-refractivity contribution in [3.63, 3.8) is 0 Å². The molecular formula is C8H13NOS. The maximum atomic E-state index is 10.7. The molecule has 0 fully saturated rings. The van der Waals surface area contributed by atoms with Gasteiger partial charge in [0.1, 0.15) is 0 Å². The molecular weight excluding hydrogens is 158 g/mol. The average molecular weight is 171 g/mol. The minimum atomic E-state index is 0.0596. The van der Waals surface area contributed by atoms with Crippen LogP contribution in [0.25, 0.3) is 0 Å². The molecule has 1 aliphatic heterocycles. The fourth-order valence-electron chi connectivity index (χ4n) is 0.855. The average Bonchev–Trinajstić information content (AvgIpc) is 2.31. The fourth-order valence-corrected chi connectivity index (χ4v) is 1.59. The van der Waals surface area contributed by atoms with Gasteiger partial charge in [-0.15, -0.1) is 0 Å². The van der Waals surface area contributed by atoms with Gasteiger partial charge in [0.15, 0.2) is 0 Å². The Balaban J connectivity index is 2.27. The Labute approximate surface area is 71.4 Å². The molecule has 1 aliphatic rings. The summed E-state index contributed by atoms with van der Waals surface area (Å²) in [5.74, 6) is 1.04. The van der Waals surface area contributed by atoms with Crippen molar-refractivity contribution in [2.45, 2.75) is 19.1 Å². The first-order valence-corrected chi connectivity index (χ1v) is 4.82. The molecule has 62 valence electrons. The van der Waals surface area contributed by atoms with E-state index in [2.05, 4.69) is 19.2 Å². The van der Waals surface area contributed by atoms with Gasteiger partial charge in [0.25, 0.3) is 0 Å². The van der Waals surface area contributed by atoms with E-state index >= 15 is 0 Å². The molecule has 0 aromatic heterocycles. The van der Waals surface area contributed by atoms with Gasteiger partial charge in [0.05, 0.1) is 0 Å². The summed E-state index contributed by atoms with van der Waals surface area (Å²) in [4.78, 5) is 10.7. The Morgan fingerprint density at radius 3 is 2.91 bits per heavy atom. The van der Waals surface area contributed by atoms with Crippen LogP contribution in [0.5, 0.6) is 0 Å². The normalized spacial score (nSPS) is 17.0. The Kier molecular flexibility index (Phi) is 3.00. The molecule has 0 aliphatic carbocycles. The van der Waals surface area contributed by atoms with Crippen LogP contribution in [-0.4, -0.2) is 23.5 Å². The minimum Gasteiger partial charge on any atom is -0.349 e. The number of hydrogen-bond acceptors (Lipinski definition) is 2. The van der Waals surface area contributed by atoms with Crippen LogP contribution in [0.4, 0.5) is 0 Å². The predicted molar refractivity (Wildman–Crippen MR) is 48.7 cm³/mol. The van der Waals surface area contributed by atoms with E-state index < -0.39 is 0 Å². The molecule has 1 heterocycles. The minimum absolute atomic E-state index is 0.0596. The summed E-state index contributed by atoms with van der Waals surface area (Å²) in [6.45, 7) is 5.07. The largest absolute Gasteiger partial charge is 0.349 e. The van der Waals surface area contributed by atoms with Gasteiger partial charge < -0.3 is 5.32 Å². The molecule has 0 bridgehead atoms. The van der Waals surface area contributed by atoms with E-state index in [0.29, 0.717) is 5.25 Å². The van der Waals surface area contributed by atoms with Gasteiger partial charge in [-0.25, -0.2) is 0 Å². The van der Waals surface area contributed by atoms with Crippen LogP contribution in [0.3, 0.4) is 0 Å². The van der Waals surface area contributed by atoms with Gasteiger partial charge in [-0.1, -0.05) is 13.8 Å². The summed E-state index contributed by atoms with van der Waals surface area (Å²) < 4.78 is 0. The highest BCUT2D eigenvalue weighted by Gasteiger charge is 2.10. The van der Waals surface area contributed by atoms with Crippen LogP contribution in [0.1, 0.15) is 13.8 Å². The smallest absolute Gasteiger partial charge is 0.244 e. The van der Waals surface area contributed by atoms with E-state index in [1.54, 1.807) is 6.08 Å². The number of rotatable bonds is 3. The van der Waals surface area contributed by atoms with Crippen molar-refractivity contribution in [1.82, 2.24) is 5.32 Å². The van der Waals surface area contributed by atoms with Crippen LogP contribution in [0, 0.1) is 0 Å². The summed E-state index contributed by atoms with van der Waals surface area (Å²) in [7, 11) is 0. The molecule has 0 atom stereocenters. The van der Waals surface area contributed by atoms with Gasteiger partial charge in [-0.3, -0.25) is 4.79 Å². The Bertz CT molecular complexity index is 187. The van der Waals surface area contributed by atoms with E-state index in [0.717, 1.165) is 12.3 Å². The van der Waals surface area contributed by atoms with Gasteiger partial charge in [0, 0.05) is 18.4 Å². The monoisotopic (exact) mass is 171 g/mol. The highest BCUT2D eigenvalue weighted by Crippen LogP contribution is 2.14. The van der Waals surface area contributed by atoms with Crippen LogP contribution in [0.15, 0.2) is 11.6 Å². The molecule has 0 spiro atoms. The van der Waals surface area contributed by atoms with Crippen LogP contribution in [0.2, 0.25) is 0 Å². The molecule has 1 N–H and O–H groups in total. The molecule has 1 rings (SSSR count). The van der Waals surface area contributed by atoms with Crippen molar-refractivity contribution in [3.05, 3.63) is 11.6 Å². The zero-order valence-corrected chi connectivity index (χ0v) is 7.70. The second-order valence-corrected chi connectivity index (χ2v) is 4.44. The molecule has 1 amide bonds. The third-order valence-corrected chi connectivity index (χ3v) is 2.63. The molecule has 0 unspecified atom stereocenters. The maximum Gasteiger partial charge on any atom is 0.244 e. The first kappa shape index (κ1) is 8.65. The molecule has 0 aromatic rings. The highest BCUT2D eigenvalue weighted by molar-refractivity contribution is 8.00. The zero-order valence-electron chi connectivity index (χ0n) is 6.89. The van der Waals surface area contributed by atoms with Crippen molar-refractivity contribution < 1.29 is 4.79 Å². The van der Waals surface area contributed by atoms with Gasteiger partial charge in [-0.2, -0.15) is 11.8 Å². The highest BCUT2D eigenvalue weighted by atomic mass is 32.2. The number of carbonyl (C=O) groups is 1. The number of hydrogen-bond donors (Lipinski definition) is 1. The standard InChI is InChI=1S/C8H13NOS/c1-6(2)11-5-7-3-8(10)9-4-7/h3,6H,4-5H2,1-2H3,(H,9,10). The number of amides is 1.